The third-order valence-electron chi connectivity index (χ3n) is 2.97. The average molecular weight is 394 g/mol. The Balaban J connectivity index is 1.93. The van der Waals surface area contributed by atoms with Crippen LogP contribution in [0.5, 0.6) is 0 Å². The highest BCUT2D eigenvalue weighted by Gasteiger charge is 2.16. The molecule has 1 heterocycles. The maximum Gasteiger partial charge on any atom is 0.259 e. The second-order valence-electron chi connectivity index (χ2n) is 4.34. The van der Waals surface area contributed by atoms with Crippen LogP contribution in [0.2, 0.25) is 0 Å². The summed E-state index contributed by atoms with van der Waals surface area (Å²) in [6, 6.07) is 15.4. The highest BCUT2D eigenvalue weighted by atomic mass is 127. The summed E-state index contributed by atoms with van der Waals surface area (Å²) in [5.41, 5.74) is 1.60. The van der Waals surface area contributed by atoms with Crippen molar-refractivity contribution in [1.82, 2.24) is 4.98 Å². The van der Waals surface area contributed by atoms with E-state index in [0.29, 0.717) is 5.56 Å². The van der Waals surface area contributed by atoms with Gasteiger partial charge in [0.05, 0.1) is 10.2 Å². The number of carbonyl (C=O) groups excluding carboxylic acids is 1. The molecule has 100 valence electrons. The number of benzene rings is 2. The number of nitrogens with zero attached hydrogens (tertiary/aromatic N) is 2. The average Bonchev–Trinajstić information content (AvgIpc) is 2.90. The SMILES string of the molecule is CN(C(=O)c1ccc(I)cc1)c1nc2ccccc2s1. The number of carbonyl (C=O) groups is 1. The van der Waals surface area contributed by atoms with E-state index in [9.17, 15) is 4.79 Å². The van der Waals surface area contributed by atoms with E-state index in [0.717, 1.165) is 18.9 Å². The molecule has 1 aromatic heterocycles. The lowest BCUT2D eigenvalue weighted by molar-refractivity contribution is 0.0993. The third kappa shape index (κ3) is 2.55. The van der Waals surface area contributed by atoms with Gasteiger partial charge in [-0.2, -0.15) is 0 Å². The molecule has 20 heavy (non-hydrogen) atoms. The van der Waals surface area contributed by atoms with Gasteiger partial charge in [0.25, 0.3) is 5.91 Å². The molecule has 0 saturated heterocycles. The quantitative estimate of drug-likeness (QED) is 0.611. The van der Waals surface area contributed by atoms with Crippen molar-refractivity contribution in [3.8, 4) is 0 Å². The Hall–Kier alpha value is -1.47. The molecule has 0 aliphatic carbocycles. The van der Waals surface area contributed by atoms with Gasteiger partial charge in [-0.25, -0.2) is 4.98 Å². The number of hydrogen-bond acceptors (Lipinski definition) is 3. The highest BCUT2D eigenvalue weighted by molar-refractivity contribution is 14.1. The molecule has 0 N–H and O–H groups in total. The van der Waals surface area contributed by atoms with Gasteiger partial charge in [-0.3, -0.25) is 9.69 Å². The van der Waals surface area contributed by atoms with Crippen LogP contribution in [-0.2, 0) is 0 Å². The second kappa shape index (κ2) is 5.49. The number of thiazole rings is 1. The number of amides is 1. The summed E-state index contributed by atoms with van der Waals surface area (Å²) < 4.78 is 2.20. The molecule has 1 amide bonds. The first-order chi connectivity index (χ1) is 9.65. The highest BCUT2D eigenvalue weighted by Crippen LogP contribution is 2.28. The van der Waals surface area contributed by atoms with Crippen molar-refractivity contribution in [3.05, 3.63) is 57.7 Å². The third-order valence-corrected chi connectivity index (χ3v) is 4.80. The van der Waals surface area contributed by atoms with Crippen LogP contribution in [0, 0.1) is 3.57 Å². The molecule has 0 unspecified atom stereocenters. The fourth-order valence-electron chi connectivity index (χ4n) is 1.88. The number of hydrogen-bond donors (Lipinski definition) is 0. The van der Waals surface area contributed by atoms with E-state index in [1.165, 1.54) is 11.3 Å². The Labute approximate surface area is 134 Å². The number of halogens is 1. The minimum absolute atomic E-state index is 0.0412. The van der Waals surface area contributed by atoms with Gasteiger partial charge in [0.15, 0.2) is 5.13 Å². The van der Waals surface area contributed by atoms with Crippen LogP contribution in [0.1, 0.15) is 10.4 Å². The van der Waals surface area contributed by atoms with Crippen molar-refractivity contribution in [3.63, 3.8) is 0 Å². The molecule has 3 rings (SSSR count). The summed E-state index contributed by atoms with van der Waals surface area (Å²) in [4.78, 5) is 18.5. The van der Waals surface area contributed by atoms with Gasteiger partial charge in [0.2, 0.25) is 0 Å². The molecular weight excluding hydrogens is 383 g/mol. The second-order valence-corrected chi connectivity index (χ2v) is 6.59. The van der Waals surface area contributed by atoms with Crippen LogP contribution < -0.4 is 4.90 Å². The zero-order valence-electron chi connectivity index (χ0n) is 10.7. The zero-order chi connectivity index (χ0) is 14.1. The van der Waals surface area contributed by atoms with Crippen LogP contribution in [0.15, 0.2) is 48.5 Å². The van der Waals surface area contributed by atoms with E-state index >= 15 is 0 Å². The molecule has 2 aromatic carbocycles. The number of aromatic nitrogens is 1. The fourth-order valence-corrected chi connectivity index (χ4v) is 3.16. The molecule has 3 nitrogen and oxygen atoms in total. The van der Waals surface area contributed by atoms with Gasteiger partial charge in [0.1, 0.15) is 0 Å². The summed E-state index contributed by atoms with van der Waals surface area (Å²) in [6.45, 7) is 0. The van der Waals surface area contributed by atoms with Crippen LogP contribution in [0.4, 0.5) is 5.13 Å². The largest absolute Gasteiger partial charge is 0.287 e. The van der Waals surface area contributed by atoms with E-state index < -0.39 is 0 Å². The monoisotopic (exact) mass is 394 g/mol. The Bertz CT molecular complexity index is 734. The first-order valence-corrected chi connectivity index (χ1v) is 7.94. The van der Waals surface area contributed by atoms with Gasteiger partial charge in [-0.1, -0.05) is 23.5 Å². The van der Waals surface area contributed by atoms with Crippen molar-refractivity contribution >= 4 is 55.2 Å². The Morgan fingerprint density at radius 2 is 1.85 bits per heavy atom. The number of rotatable bonds is 2. The van der Waals surface area contributed by atoms with Gasteiger partial charge >= 0.3 is 0 Å². The van der Waals surface area contributed by atoms with Gasteiger partial charge in [0, 0.05) is 16.2 Å². The smallest absolute Gasteiger partial charge is 0.259 e. The van der Waals surface area contributed by atoms with E-state index in [4.69, 9.17) is 0 Å². The Morgan fingerprint density at radius 1 is 1.15 bits per heavy atom. The normalized spacial score (nSPS) is 10.7. The predicted octanol–water partition coefficient (Wildman–Crippen LogP) is 4.18. The number of para-hydroxylation sites is 1. The lowest BCUT2D eigenvalue weighted by Gasteiger charge is -2.13. The summed E-state index contributed by atoms with van der Waals surface area (Å²) in [5.74, 6) is -0.0412. The van der Waals surface area contributed by atoms with E-state index in [-0.39, 0.29) is 5.91 Å². The number of anilines is 1. The molecule has 0 aliphatic rings. The molecule has 0 fully saturated rings. The topological polar surface area (TPSA) is 33.2 Å². The molecule has 5 heteroatoms. The first-order valence-electron chi connectivity index (χ1n) is 6.04. The molecule has 3 aromatic rings. The molecule has 0 saturated carbocycles. The molecule has 0 aliphatic heterocycles. The van der Waals surface area contributed by atoms with Crippen molar-refractivity contribution in [2.45, 2.75) is 0 Å². The van der Waals surface area contributed by atoms with Crippen LogP contribution in [0.3, 0.4) is 0 Å². The van der Waals surface area contributed by atoms with Gasteiger partial charge in [-0.15, -0.1) is 0 Å². The van der Waals surface area contributed by atoms with Crippen molar-refractivity contribution in [2.75, 3.05) is 11.9 Å². The lowest BCUT2D eigenvalue weighted by Crippen LogP contribution is -2.25. The number of fused-ring (bicyclic) bond motifs is 1. The fraction of sp³-hybridized carbons (Fsp3) is 0.0667. The molecule has 0 bridgehead atoms. The minimum atomic E-state index is -0.0412. The van der Waals surface area contributed by atoms with E-state index in [1.807, 2.05) is 48.5 Å². The minimum Gasteiger partial charge on any atom is -0.287 e. The summed E-state index contributed by atoms with van der Waals surface area (Å²) in [7, 11) is 1.76. The van der Waals surface area contributed by atoms with Crippen LogP contribution in [-0.4, -0.2) is 17.9 Å². The maximum absolute atomic E-state index is 12.4. The molecule has 0 spiro atoms. The summed E-state index contributed by atoms with van der Waals surface area (Å²) in [5, 5.41) is 0.717. The Kier molecular flexibility index (Phi) is 3.71. The van der Waals surface area contributed by atoms with Crippen LogP contribution in [0.25, 0.3) is 10.2 Å². The Morgan fingerprint density at radius 3 is 2.55 bits per heavy atom. The maximum atomic E-state index is 12.4. The summed E-state index contributed by atoms with van der Waals surface area (Å²) >= 11 is 3.75. The van der Waals surface area contributed by atoms with E-state index in [2.05, 4.69) is 27.6 Å². The molecule has 0 atom stereocenters. The zero-order valence-corrected chi connectivity index (χ0v) is 13.7. The standard InChI is InChI=1S/C15H11IN2OS/c1-18(14(19)10-6-8-11(16)9-7-10)15-17-12-4-2-3-5-13(12)20-15/h2-9H,1H3. The predicted molar refractivity (Wildman–Crippen MR) is 91.5 cm³/mol. The lowest BCUT2D eigenvalue weighted by atomic mass is 10.2. The van der Waals surface area contributed by atoms with Crippen molar-refractivity contribution < 1.29 is 4.79 Å². The van der Waals surface area contributed by atoms with Crippen molar-refractivity contribution in [1.29, 1.82) is 0 Å². The summed E-state index contributed by atoms with van der Waals surface area (Å²) in [6.07, 6.45) is 0. The van der Waals surface area contributed by atoms with E-state index in [1.54, 1.807) is 11.9 Å². The van der Waals surface area contributed by atoms with Crippen LogP contribution >= 0.6 is 33.9 Å². The van der Waals surface area contributed by atoms with Gasteiger partial charge < -0.3 is 0 Å². The molecular formula is C15H11IN2OS. The molecule has 0 radical (unpaired) electrons. The van der Waals surface area contributed by atoms with Gasteiger partial charge in [-0.05, 0) is 59.0 Å². The van der Waals surface area contributed by atoms with Crippen molar-refractivity contribution in [2.24, 2.45) is 0 Å². The first kappa shape index (κ1) is 13.5.